The van der Waals surface area contributed by atoms with E-state index in [1.165, 1.54) is 0 Å². The average molecular weight is 445 g/mol. The van der Waals surface area contributed by atoms with Crippen molar-refractivity contribution in [3.05, 3.63) is 42.0 Å². The van der Waals surface area contributed by atoms with Gasteiger partial charge < -0.3 is 20.5 Å². The fourth-order valence-electron chi connectivity index (χ4n) is 2.40. The summed E-state index contributed by atoms with van der Waals surface area (Å²) in [6.45, 7) is 5.38. The number of aryl methyl sites for hydroxylation is 1. The first kappa shape index (κ1) is 20.8. The van der Waals surface area contributed by atoms with Crippen LogP contribution in [0.1, 0.15) is 25.3 Å². The summed E-state index contributed by atoms with van der Waals surface area (Å²) in [5, 5.41) is 16.6. The molecule has 24 heavy (non-hydrogen) atoms. The zero-order chi connectivity index (χ0) is 16.5. The van der Waals surface area contributed by atoms with Crippen LogP contribution in [0.3, 0.4) is 0 Å². The zero-order valence-corrected chi connectivity index (χ0v) is 16.7. The van der Waals surface area contributed by atoms with Gasteiger partial charge in [-0.25, -0.2) is 0 Å². The fourth-order valence-corrected chi connectivity index (χ4v) is 2.40. The molecule has 0 bridgehead atoms. The third kappa shape index (κ3) is 7.53. The topological polar surface area (TPSA) is 65.9 Å². The average Bonchev–Trinajstić information content (AvgIpc) is 3.04. The quantitative estimate of drug-likeness (QED) is 0.261. The van der Waals surface area contributed by atoms with Gasteiger partial charge in [0.15, 0.2) is 5.96 Å². The Morgan fingerprint density at radius 2 is 2.12 bits per heavy atom. The summed E-state index contributed by atoms with van der Waals surface area (Å²) in [5.74, 6) is 1.52. The minimum atomic E-state index is -0.632. The Balaban J connectivity index is 0.00000288. The van der Waals surface area contributed by atoms with E-state index in [9.17, 15) is 5.11 Å². The highest BCUT2D eigenvalue weighted by Crippen LogP contribution is 2.12. The first-order valence-corrected chi connectivity index (χ1v) is 8.24. The predicted molar refractivity (Wildman–Crippen MR) is 109 cm³/mol. The standard InChI is InChI=1S/C18H27N3O2.HI/c1-3-19-18(21-15-8-4-5-9-15)20-12-16(22)13-23-17-10-6-7-14(2)11-17;/h4-7,10-11,15-16,22H,3,8-9,12-13H2,1-2H3,(H2,19,20,21);1H. The van der Waals surface area contributed by atoms with E-state index in [0.29, 0.717) is 12.6 Å². The Morgan fingerprint density at radius 3 is 2.79 bits per heavy atom. The van der Waals surface area contributed by atoms with Crippen LogP contribution in [0.4, 0.5) is 0 Å². The number of hydrogen-bond donors (Lipinski definition) is 3. The number of aliphatic hydroxyl groups is 1. The van der Waals surface area contributed by atoms with Gasteiger partial charge in [-0.3, -0.25) is 4.99 Å². The van der Waals surface area contributed by atoms with Gasteiger partial charge in [-0.2, -0.15) is 0 Å². The number of nitrogens with one attached hydrogen (secondary N) is 2. The van der Waals surface area contributed by atoms with Crippen molar-refractivity contribution in [3.63, 3.8) is 0 Å². The molecule has 1 aromatic carbocycles. The van der Waals surface area contributed by atoms with Gasteiger partial charge >= 0.3 is 0 Å². The molecule has 1 unspecified atom stereocenters. The van der Waals surface area contributed by atoms with Crippen LogP contribution < -0.4 is 15.4 Å². The smallest absolute Gasteiger partial charge is 0.191 e. The lowest BCUT2D eigenvalue weighted by Crippen LogP contribution is -2.43. The molecule has 1 atom stereocenters. The highest BCUT2D eigenvalue weighted by Gasteiger charge is 2.12. The van der Waals surface area contributed by atoms with Crippen molar-refractivity contribution >= 4 is 29.9 Å². The van der Waals surface area contributed by atoms with Crippen molar-refractivity contribution < 1.29 is 9.84 Å². The number of aliphatic imine (C=N–C) groups is 1. The van der Waals surface area contributed by atoms with Gasteiger partial charge in [0.25, 0.3) is 0 Å². The van der Waals surface area contributed by atoms with Gasteiger partial charge in [0.1, 0.15) is 18.5 Å². The van der Waals surface area contributed by atoms with Crippen molar-refractivity contribution in [1.29, 1.82) is 0 Å². The van der Waals surface area contributed by atoms with Crippen LogP contribution in [0.2, 0.25) is 0 Å². The van der Waals surface area contributed by atoms with E-state index < -0.39 is 6.10 Å². The van der Waals surface area contributed by atoms with Crippen LogP contribution >= 0.6 is 24.0 Å². The number of halogens is 1. The van der Waals surface area contributed by atoms with Crippen LogP contribution in [0.5, 0.6) is 5.75 Å². The summed E-state index contributed by atoms with van der Waals surface area (Å²) in [7, 11) is 0. The molecule has 134 valence electrons. The van der Waals surface area contributed by atoms with E-state index in [1.54, 1.807) is 0 Å². The van der Waals surface area contributed by atoms with Gasteiger partial charge in [-0.05, 0) is 44.4 Å². The maximum absolute atomic E-state index is 10.1. The van der Waals surface area contributed by atoms with Gasteiger partial charge in [-0.15, -0.1) is 24.0 Å². The van der Waals surface area contributed by atoms with Gasteiger partial charge in [0, 0.05) is 12.6 Å². The Bertz CT molecular complexity index is 541. The molecule has 0 radical (unpaired) electrons. The summed E-state index contributed by atoms with van der Waals surface area (Å²) < 4.78 is 5.60. The maximum Gasteiger partial charge on any atom is 0.191 e. The highest BCUT2D eigenvalue weighted by atomic mass is 127. The van der Waals surface area contributed by atoms with Gasteiger partial charge in [0.05, 0.1) is 6.54 Å². The van der Waals surface area contributed by atoms with E-state index in [2.05, 4.69) is 27.8 Å². The minimum absolute atomic E-state index is 0. The Hall–Kier alpha value is -1.28. The summed E-state index contributed by atoms with van der Waals surface area (Å²) in [6, 6.07) is 8.20. The molecule has 0 aromatic heterocycles. The van der Waals surface area contributed by atoms with Crippen LogP contribution in [-0.4, -0.2) is 42.9 Å². The van der Waals surface area contributed by atoms with Gasteiger partial charge in [-0.1, -0.05) is 24.3 Å². The first-order valence-electron chi connectivity index (χ1n) is 8.24. The van der Waals surface area contributed by atoms with Crippen LogP contribution in [0.25, 0.3) is 0 Å². The van der Waals surface area contributed by atoms with E-state index in [-0.39, 0.29) is 30.6 Å². The van der Waals surface area contributed by atoms with Crippen LogP contribution in [0, 0.1) is 6.92 Å². The third-order valence-electron chi connectivity index (χ3n) is 3.59. The Kier molecular flexibility index (Phi) is 9.78. The van der Waals surface area contributed by atoms with Crippen molar-refractivity contribution in [2.45, 2.75) is 38.8 Å². The molecule has 0 saturated carbocycles. The molecule has 0 fully saturated rings. The lowest BCUT2D eigenvalue weighted by Gasteiger charge is -2.17. The lowest BCUT2D eigenvalue weighted by atomic mass is 10.2. The molecule has 2 rings (SSSR count). The molecule has 1 aliphatic carbocycles. The van der Waals surface area contributed by atoms with E-state index in [0.717, 1.165) is 36.7 Å². The highest BCUT2D eigenvalue weighted by molar-refractivity contribution is 14.0. The molecule has 1 aromatic rings. The molecular weight excluding hydrogens is 417 g/mol. The summed E-state index contributed by atoms with van der Waals surface area (Å²) in [5.41, 5.74) is 1.14. The van der Waals surface area contributed by atoms with E-state index in [1.807, 2.05) is 38.1 Å². The molecule has 0 amide bonds. The molecule has 1 aliphatic rings. The fraction of sp³-hybridized carbons (Fsp3) is 0.500. The molecule has 0 saturated heterocycles. The summed E-state index contributed by atoms with van der Waals surface area (Å²) in [6.07, 6.45) is 5.75. The number of guanidine groups is 1. The Morgan fingerprint density at radius 1 is 1.38 bits per heavy atom. The van der Waals surface area contributed by atoms with Crippen molar-refractivity contribution in [1.82, 2.24) is 10.6 Å². The molecule has 0 spiro atoms. The molecular formula is C18H28IN3O2. The zero-order valence-electron chi connectivity index (χ0n) is 14.4. The van der Waals surface area contributed by atoms with Crippen molar-refractivity contribution in [2.24, 2.45) is 4.99 Å². The predicted octanol–water partition coefficient (Wildman–Crippen LogP) is 2.63. The normalized spacial score (nSPS) is 15.7. The second kappa shape index (κ2) is 11.3. The number of nitrogens with zero attached hydrogens (tertiary/aromatic N) is 1. The first-order chi connectivity index (χ1) is 11.2. The number of rotatable bonds is 7. The molecule has 3 N–H and O–H groups in total. The SMILES string of the molecule is CCNC(=NCC(O)COc1cccc(C)c1)NC1CC=CC1.I. The number of ether oxygens (including phenoxy) is 1. The van der Waals surface area contributed by atoms with Crippen LogP contribution in [-0.2, 0) is 0 Å². The number of benzene rings is 1. The second-order valence-electron chi connectivity index (χ2n) is 5.79. The second-order valence-corrected chi connectivity index (χ2v) is 5.79. The largest absolute Gasteiger partial charge is 0.491 e. The number of hydrogen-bond acceptors (Lipinski definition) is 3. The summed E-state index contributed by atoms with van der Waals surface area (Å²) >= 11 is 0. The van der Waals surface area contributed by atoms with E-state index >= 15 is 0 Å². The van der Waals surface area contributed by atoms with Crippen LogP contribution in [0.15, 0.2) is 41.4 Å². The van der Waals surface area contributed by atoms with Crippen molar-refractivity contribution in [2.75, 3.05) is 19.7 Å². The number of aliphatic hydroxyl groups excluding tert-OH is 1. The monoisotopic (exact) mass is 445 g/mol. The molecule has 0 heterocycles. The minimum Gasteiger partial charge on any atom is -0.491 e. The maximum atomic E-state index is 10.1. The summed E-state index contributed by atoms with van der Waals surface area (Å²) in [4.78, 5) is 4.44. The molecule has 6 heteroatoms. The molecule has 5 nitrogen and oxygen atoms in total. The van der Waals surface area contributed by atoms with Crippen molar-refractivity contribution in [3.8, 4) is 5.75 Å². The lowest BCUT2D eigenvalue weighted by molar-refractivity contribution is 0.114. The Labute approximate surface area is 161 Å². The van der Waals surface area contributed by atoms with Gasteiger partial charge in [0.2, 0.25) is 0 Å². The molecule has 0 aliphatic heterocycles. The third-order valence-corrected chi connectivity index (χ3v) is 3.59. The van der Waals surface area contributed by atoms with E-state index in [4.69, 9.17) is 4.74 Å².